The van der Waals surface area contributed by atoms with E-state index >= 15 is 0 Å². The Labute approximate surface area is 260 Å². The van der Waals surface area contributed by atoms with Gasteiger partial charge in [-0.15, -0.1) is 0 Å². The summed E-state index contributed by atoms with van der Waals surface area (Å²) in [6, 6.07) is 56.3. The summed E-state index contributed by atoms with van der Waals surface area (Å²) in [5.41, 5.74) is 16.9. The first kappa shape index (κ1) is 23.6. The van der Waals surface area contributed by atoms with E-state index in [4.69, 9.17) is 0 Å². The summed E-state index contributed by atoms with van der Waals surface area (Å²) in [6.45, 7) is 0.133. The Balaban J connectivity index is 1.33. The lowest BCUT2D eigenvalue weighted by atomic mass is 9.34. The second-order valence-corrected chi connectivity index (χ2v) is 12.5. The van der Waals surface area contributed by atoms with Crippen LogP contribution in [-0.4, -0.2) is 15.8 Å². The average Bonchev–Trinajstić information content (AvgIpc) is 3.63. The quantitative estimate of drug-likeness (QED) is 0.186. The topological polar surface area (TPSA) is 9.86 Å². The van der Waals surface area contributed by atoms with Crippen molar-refractivity contribution < 1.29 is 0 Å². The highest BCUT2D eigenvalue weighted by Gasteiger charge is 2.40. The first-order valence-corrected chi connectivity index (χ1v) is 15.7. The number of hydrogen-bond donors (Lipinski definition) is 0. The molecule has 4 heterocycles. The smallest absolute Gasteiger partial charge is 0.252 e. The molecule has 206 valence electrons. The van der Waals surface area contributed by atoms with Crippen molar-refractivity contribution >= 4 is 66.7 Å². The Kier molecular flexibility index (Phi) is 4.43. The summed E-state index contributed by atoms with van der Waals surface area (Å²) in [4.78, 5) is 0. The van der Waals surface area contributed by atoms with E-state index in [9.17, 15) is 0 Å². The molecule has 2 aromatic heterocycles. The van der Waals surface area contributed by atoms with Crippen LogP contribution < -0.4 is 16.4 Å². The molecule has 0 spiro atoms. The van der Waals surface area contributed by atoms with Gasteiger partial charge in [0.1, 0.15) is 0 Å². The van der Waals surface area contributed by atoms with Gasteiger partial charge in [0.2, 0.25) is 0 Å². The molecule has 3 heteroatoms. The molecule has 9 aromatic rings. The molecule has 0 amide bonds. The maximum atomic E-state index is 2.55. The van der Waals surface area contributed by atoms with Gasteiger partial charge in [0.25, 0.3) is 6.71 Å². The minimum atomic E-state index is 0.133. The lowest BCUT2D eigenvalue weighted by molar-refractivity contribution is 1.14. The van der Waals surface area contributed by atoms with Crippen LogP contribution in [0.1, 0.15) is 0 Å². The van der Waals surface area contributed by atoms with Gasteiger partial charge in [-0.05, 0) is 75.0 Å². The SMILES string of the molecule is c1ccc(-c2ccc3c(c2)c2cc(-c4ccccc4)cc4c2n3-c2cccc3c2B4c2cccc4c5ccccc5n-3c24)cc1. The molecular formula is C42H25BN2. The molecule has 2 aliphatic rings. The Morgan fingerprint density at radius 1 is 0.356 bits per heavy atom. The molecule has 45 heavy (non-hydrogen) atoms. The van der Waals surface area contributed by atoms with E-state index < -0.39 is 0 Å². The van der Waals surface area contributed by atoms with Crippen LogP contribution in [0.25, 0.3) is 77.2 Å². The number of aromatic nitrogens is 2. The van der Waals surface area contributed by atoms with Crippen LogP contribution in [-0.2, 0) is 0 Å². The second kappa shape index (κ2) is 8.43. The summed E-state index contributed by atoms with van der Waals surface area (Å²) in [6.07, 6.45) is 0. The number of para-hydroxylation sites is 2. The van der Waals surface area contributed by atoms with E-state index in [0.717, 1.165) is 0 Å². The lowest BCUT2D eigenvalue weighted by Gasteiger charge is -2.33. The van der Waals surface area contributed by atoms with E-state index in [-0.39, 0.29) is 6.71 Å². The Hall–Kier alpha value is -5.80. The largest absolute Gasteiger partial charge is 0.310 e. The molecule has 0 unspecified atom stereocenters. The summed E-state index contributed by atoms with van der Waals surface area (Å²) < 4.78 is 5.08. The molecule has 2 nitrogen and oxygen atoms in total. The predicted molar refractivity (Wildman–Crippen MR) is 191 cm³/mol. The zero-order valence-corrected chi connectivity index (χ0v) is 24.4. The Morgan fingerprint density at radius 2 is 0.956 bits per heavy atom. The lowest BCUT2D eigenvalue weighted by Crippen LogP contribution is -2.59. The monoisotopic (exact) mass is 568 g/mol. The minimum absolute atomic E-state index is 0.133. The molecule has 0 saturated heterocycles. The third-order valence-corrected chi connectivity index (χ3v) is 10.3. The number of nitrogens with zero attached hydrogens (tertiary/aromatic N) is 2. The van der Waals surface area contributed by atoms with Crippen LogP contribution in [0.15, 0.2) is 152 Å². The molecule has 2 aliphatic heterocycles. The molecule has 0 N–H and O–H groups in total. The first-order chi connectivity index (χ1) is 22.3. The summed E-state index contributed by atoms with van der Waals surface area (Å²) in [7, 11) is 0. The molecule has 0 fully saturated rings. The molecule has 0 bridgehead atoms. The van der Waals surface area contributed by atoms with E-state index in [2.05, 4.69) is 161 Å². The van der Waals surface area contributed by atoms with Gasteiger partial charge in [0.15, 0.2) is 0 Å². The minimum Gasteiger partial charge on any atom is -0.310 e. The normalized spacial score (nSPS) is 12.8. The first-order valence-electron chi connectivity index (χ1n) is 15.7. The molecule has 0 aliphatic carbocycles. The van der Waals surface area contributed by atoms with Crippen molar-refractivity contribution in [2.24, 2.45) is 0 Å². The molecule has 0 radical (unpaired) electrons. The highest BCUT2D eigenvalue weighted by atomic mass is 15.0. The Bertz CT molecular complexity index is 2700. The highest BCUT2D eigenvalue weighted by molar-refractivity contribution is 7.00. The summed E-state index contributed by atoms with van der Waals surface area (Å²) in [5.74, 6) is 0. The third kappa shape index (κ3) is 2.95. The van der Waals surface area contributed by atoms with Crippen LogP contribution in [0.2, 0.25) is 0 Å². The zero-order chi connectivity index (χ0) is 29.2. The van der Waals surface area contributed by atoms with Gasteiger partial charge in [0.05, 0.1) is 11.0 Å². The van der Waals surface area contributed by atoms with Crippen LogP contribution in [0, 0.1) is 0 Å². The summed E-state index contributed by atoms with van der Waals surface area (Å²) >= 11 is 0. The third-order valence-electron chi connectivity index (χ3n) is 10.3. The average molecular weight is 568 g/mol. The molecule has 0 saturated carbocycles. The number of fused-ring (bicyclic) bond motifs is 10. The standard InChI is InChI=1S/C42H25BN2/c1-3-11-26(12-4-1)28-21-22-37-32(23-28)33-24-29(27-13-5-2-6-14-27)25-35-42(33)45(37)39-20-10-19-38-40(39)43(35)34-17-9-16-31-30-15-7-8-18-36(30)44(38)41(31)34/h1-25H. The van der Waals surface area contributed by atoms with Gasteiger partial charge < -0.3 is 9.13 Å². The fourth-order valence-electron chi connectivity index (χ4n) is 8.49. The molecule has 0 atom stereocenters. The van der Waals surface area contributed by atoms with E-state index in [1.165, 1.54) is 93.6 Å². The molecule has 7 aromatic carbocycles. The number of rotatable bonds is 2. The van der Waals surface area contributed by atoms with Crippen molar-refractivity contribution in [3.63, 3.8) is 0 Å². The fraction of sp³-hybridized carbons (Fsp3) is 0. The van der Waals surface area contributed by atoms with E-state index in [0.29, 0.717) is 0 Å². The van der Waals surface area contributed by atoms with Crippen molar-refractivity contribution in [1.29, 1.82) is 0 Å². The second-order valence-electron chi connectivity index (χ2n) is 12.5. The van der Waals surface area contributed by atoms with E-state index in [1.54, 1.807) is 0 Å². The van der Waals surface area contributed by atoms with Gasteiger partial charge in [-0.25, -0.2) is 0 Å². The Morgan fingerprint density at radius 3 is 1.73 bits per heavy atom. The van der Waals surface area contributed by atoms with Crippen molar-refractivity contribution in [1.82, 2.24) is 9.13 Å². The highest BCUT2D eigenvalue weighted by Crippen LogP contribution is 2.41. The van der Waals surface area contributed by atoms with Crippen LogP contribution in [0.5, 0.6) is 0 Å². The van der Waals surface area contributed by atoms with Crippen LogP contribution in [0.4, 0.5) is 0 Å². The zero-order valence-electron chi connectivity index (χ0n) is 24.4. The van der Waals surface area contributed by atoms with Gasteiger partial charge in [-0.2, -0.15) is 0 Å². The van der Waals surface area contributed by atoms with Gasteiger partial charge >= 0.3 is 0 Å². The van der Waals surface area contributed by atoms with Crippen LogP contribution in [0.3, 0.4) is 0 Å². The maximum Gasteiger partial charge on any atom is 0.252 e. The van der Waals surface area contributed by atoms with Crippen molar-refractivity contribution in [3.05, 3.63) is 152 Å². The molecule has 11 rings (SSSR count). The van der Waals surface area contributed by atoms with Gasteiger partial charge in [-0.1, -0.05) is 115 Å². The van der Waals surface area contributed by atoms with Gasteiger partial charge in [-0.3, -0.25) is 0 Å². The number of hydrogen-bond acceptors (Lipinski definition) is 0. The summed E-state index contributed by atoms with van der Waals surface area (Å²) in [5, 5.41) is 5.25. The van der Waals surface area contributed by atoms with Crippen molar-refractivity contribution in [3.8, 4) is 33.6 Å². The van der Waals surface area contributed by atoms with Crippen molar-refractivity contribution in [2.75, 3.05) is 0 Å². The predicted octanol–water partition coefficient (Wildman–Crippen LogP) is 8.36. The maximum absolute atomic E-state index is 2.55. The van der Waals surface area contributed by atoms with Crippen LogP contribution >= 0.6 is 0 Å². The number of benzene rings is 7. The van der Waals surface area contributed by atoms with Crippen molar-refractivity contribution in [2.45, 2.75) is 0 Å². The fourth-order valence-corrected chi connectivity index (χ4v) is 8.49. The molecular weight excluding hydrogens is 543 g/mol. The van der Waals surface area contributed by atoms with E-state index in [1.807, 2.05) is 0 Å². The van der Waals surface area contributed by atoms with Gasteiger partial charge in [0, 0.05) is 44.0 Å².